The van der Waals surface area contributed by atoms with E-state index >= 15 is 0 Å². The fourth-order valence-electron chi connectivity index (χ4n) is 3.34. The van der Waals surface area contributed by atoms with Gasteiger partial charge in [0.05, 0.1) is 0 Å². The third-order valence-electron chi connectivity index (χ3n) is 4.77. The van der Waals surface area contributed by atoms with E-state index in [1.807, 2.05) is 24.3 Å². The van der Waals surface area contributed by atoms with Gasteiger partial charge in [-0.2, -0.15) is 11.3 Å². The number of rotatable bonds is 8. The first kappa shape index (κ1) is 19.4. The molecular formula is C20H25BrN3OS. The van der Waals surface area contributed by atoms with Crippen molar-refractivity contribution in [1.29, 1.82) is 0 Å². The average molecular weight is 435 g/mol. The molecule has 4 nitrogen and oxygen atoms in total. The zero-order valence-corrected chi connectivity index (χ0v) is 17.2. The monoisotopic (exact) mass is 434 g/mol. The van der Waals surface area contributed by atoms with Crippen molar-refractivity contribution in [2.75, 3.05) is 18.0 Å². The molecule has 1 amide bonds. The van der Waals surface area contributed by atoms with E-state index in [-0.39, 0.29) is 11.9 Å². The second kappa shape index (κ2) is 9.53. The maximum Gasteiger partial charge on any atom is 0.240 e. The zero-order valence-electron chi connectivity index (χ0n) is 14.8. The molecule has 1 aliphatic heterocycles. The first-order chi connectivity index (χ1) is 12.6. The van der Waals surface area contributed by atoms with Crippen LogP contribution in [0.5, 0.6) is 0 Å². The largest absolute Gasteiger partial charge is 0.368 e. The Labute approximate surface area is 168 Å². The molecule has 0 aliphatic carbocycles. The lowest BCUT2D eigenvalue weighted by atomic mass is 10.1. The van der Waals surface area contributed by atoms with Gasteiger partial charge in [0.25, 0.3) is 0 Å². The highest BCUT2D eigenvalue weighted by atomic mass is 79.9. The van der Waals surface area contributed by atoms with E-state index in [1.54, 1.807) is 11.3 Å². The van der Waals surface area contributed by atoms with Crippen LogP contribution in [-0.2, 0) is 11.3 Å². The summed E-state index contributed by atoms with van der Waals surface area (Å²) < 4.78 is 1.02. The van der Waals surface area contributed by atoms with Crippen molar-refractivity contribution >= 4 is 38.9 Å². The van der Waals surface area contributed by atoms with E-state index in [0.717, 1.165) is 23.2 Å². The van der Waals surface area contributed by atoms with Crippen LogP contribution in [-0.4, -0.2) is 29.9 Å². The third-order valence-corrected chi connectivity index (χ3v) is 6.03. The fraction of sp³-hybridized carbons (Fsp3) is 0.400. The summed E-state index contributed by atoms with van der Waals surface area (Å²) in [6.45, 7) is 5.00. The molecule has 1 atom stereocenters. The molecule has 1 saturated heterocycles. The van der Waals surface area contributed by atoms with Crippen LogP contribution in [0.2, 0.25) is 0 Å². The molecule has 6 heteroatoms. The van der Waals surface area contributed by atoms with Gasteiger partial charge in [0.2, 0.25) is 5.91 Å². The van der Waals surface area contributed by atoms with Crippen LogP contribution < -0.4 is 10.6 Å². The SMILES string of the molecule is NC(=O)[C@@H](C[CH]N1CCCCC1)N(Cc1ccsc1)c1ccc(Br)cc1. The second-order valence-electron chi connectivity index (χ2n) is 6.67. The van der Waals surface area contributed by atoms with Gasteiger partial charge in [0.15, 0.2) is 0 Å². The molecule has 1 aromatic carbocycles. The fourth-order valence-corrected chi connectivity index (χ4v) is 4.26. The van der Waals surface area contributed by atoms with Crippen molar-refractivity contribution in [1.82, 2.24) is 4.90 Å². The van der Waals surface area contributed by atoms with Gasteiger partial charge in [-0.05, 0) is 79.0 Å². The molecule has 2 N–H and O–H groups in total. The standard InChI is InChI=1S/C20H25BrN3OS/c21-17-4-6-18(7-5-17)24(14-16-9-13-26-15-16)19(20(22)25)8-12-23-10-2-1-3-11-23/h4-7,9,12-13,15,19H,1-3,8,10-11,14H2,(H2,22,25)/t19-/m1/s1. The summed E-state index contributed by atoms with van der Waals surface area (Å²) in [4.78, 5) is 16.8. The van der Waals surface area contributed by atoms with Crippen molar-refractivity contribution < 1.29 is 4.79 Å². The summed E-state index contributed by atoms with van der Waals surface area (Å²) in [7, 11) is 0. The number of nitrogens with zero attached hydrogens (tertiary/aromatic N) is 2. The number of piperidine rings is 1. The Morgan fingerprint density at radius 1 is 1.23 bits per heavy atom. The van der Waals surface area contributed by atoms with Crippen LogP contribution in [0, 0.1) is 6.54 Å². The summed E-state index contributed by atoms with van der Waals surface area (Å²) in [5.74, 6) is -0.281. The number of primary amides is 1. The highest BCUT2D eigenvalue weighted by Gasteiger charge is 2.26. The van der Waals surface area contributed by atoms with Crippen molar-refractivity contribution in [2.45, 2.75) is 38.3 Å². The highest BCUT2D eigenvalue weighted by Crippen LogP contribution is 2.26. The number of halogens is 1. The first-order valence-electron chi connectivity index (χ1n) is 9.03. The minimum Gasteiger partial charge on any atom is -0.368 e. The normalized spacial score (nSPS) is 16.3. The Morgan fingerprint density at radius 3 is 2.58 bits per heavy atom. The summed E-state index contributed by atoms with van der Waals surface area (Å²) in [6, 6.07) is 9.81. The van der Waals surface area contributed by atoms with Gasteiger partial charge in [-0.3, -0.25) is 9.69 Å². The maximum absolute atomic E-state index is 12.3. The predicted molar refractivity (Wildman–Crippen MR) is 112 cm³/mol. The van der Waals surface area contributed by atoms with E-state index in [9.17, 15) is 4.79 Å². The molecule has 0 bridgehead atoms. The zero-order chi connectivity index (χ0) is 18.4. The van der Waals surface area contributed by atoms with Gasteiger partial charge in [0.1, 0.15) is 6.04 Å². The third kappa shape index (κ3) is 5.32. The smallest absolute Gasteiger partial charge is 0.240 e. The average Bonchev–Trinajstić information content (AvgIpc) is 3.15. The van der Waals surface area contributed by atoms with Crippen molar-refractivity contribution in [2.24, 2.45) is 5.73 Å². The van der Waals surface area contributed by atoms with Gasteiger partial charge < -0.3 is 10.6 Å². The molecule has 1 fully saturated rings. The number of benzene rings is 1. The van der Waals surface area contributed by atoms with Gasteiger partial charge in [-0.1, -0.05) is 22.4 Å². The van der Waals surface area contributed by atoms with Crippen LogP contribution in [0.3, 0.4) is 0 Å². The lowest BCUT2D eigenvalue weighted by Crippen LogP contribution is -2.45. The van der Waals surface area contributed by atoms with Gasteiger partial charge in [-0.15, -0.1) is 0 Å². The van der Waals surface area contributed by atoms with E-state index in [4.69, 9.17) is 5.73 Å². The second-order valence-corrected chi connectivity index (χ2v) is 8.36. The first-order valence-corrected chi connectivity index (χ1v) is 10.8. The Hall–Kier alpha value is -1.37. The molecule has 3 rings (SSSR count). The molecular weight excluding hydrogens is 410 g/mol. The number of carbonyl (C=O) groups excluding carboxylic acids is 1. The van der Waals surface area contributed by atoms with Crippen molar-refractivity contribution in [3.8, 4) is 0 Å². The Morgan fingerprint density at radius 2 is 1.96 bits per heavy atom. The summed E-state index contributed by atoms with van der Waals surface area (Å²) in [6.07, 6.45) is 4.38. The topological polar surface area (TPSA) is 49.6 Å². The van der Waals surface area contributed by atoms with Gasteiger partial charge in [-0.25, -0.2) is 0 Å². The number of thiophene rings is 1. The molecule has 139 valence electrons. The molecule has 26 heavy (non-hydrogen) atoms. The Kier molecular flexibility index (Phi) is 7.11. The molecule has 0 spiro atoms. The molecule has 2 aromatic rings. The van der Waals surface area contributed by atoms with E-state index in [0.29, 0.717) is 13.0 Å². The molecule has 0 unspecified atom stereocenters. The molecule has 1 radical (unpaired) electrons. The number of nitrogens with two attached hydrogens (primary N) is 1. The number of likely N-dealkylation sites (tertiary alicyclic amines) is 1. The van der Waals surface area contributed by atoms with Crippen molar-refractivity contribution in [3.63, 3.8) is 0 Å². The molecule has 1 aromatic heterocycles. The Balaban J connectivity index is 1.78. The van der Waals surface area contributed by atoms with Crippen LogP contribution in [0.25, 0.3) is 0 Å². The summed E-state index contributed by atoms with van der Waals surface area (Å²) in [5.41, 5.74) is 8.03. The number of hydrogen-bond donors (Lipinski definition) is 1. The van der Waals surface area contributed by atoms with Crippen LogP contribution >= 0.6 is 27.3 Å². The number of carbonyl (C=O) groups is 1. The van der Waals surface area contributed by atoms with Crippen LogP contribution in [0.1, 0.15) is 31.2 Å². The lowest BCUT2D eigenvalue weighted by molar-refractivity contribution is -0.119. The lowest BCUT2D eigenvalue weighted by Gasteiger charge is -2.34. The molecule has 2 heterocycles. The summed E-state index contributed by atoms with van der Waals surface area (Å²) >= 11 is 5.15. The minimum atomic E-state index is -0.363. The highest BCUT2D eigenvalue weighted by molar-refractivity contribution is 9.10. The number of anilines is 1. The number of amides is 1. The quantitative estimate of drug-likeness (QED) is 0.669. The molecule has 0 saturated carbocycles. The Bertz CT molecular complexity index is 684. The van der Waals surface area contributed by atoms with Crippen molar-refractivity contribution in [3.05, 3.63) is 57.7 Å². The van der Waals surface area contributed by atoms with Crippen LogP contribution in [0.15, 0.2) is 45.6 Å². The predicted octanol–water partition coefficient (Wildman–Crippen LogP) is 4.41. The molecule has 1 aliphatic rings. The maximum atomic E-state index is 12.3. The van der Waals surface area contributed by atoms with Crippen LogP contribution in [0.4, 0.5) is 5.69 Å². The number of hydrogen-bond acceptors (Lipinski definition) is 4. The minimum absolute atomic E-state index is 0.281. The van der Waals surface area contributed by atoms with Gasteiger partial charge in [0, 0.05) is 23.2 Å². The van der Waals surface area contributed by atoms with E-state index in [1.165, 1.54) is 24.8 Å². The van der Waals surface area contributed by atoms with E-state index in [2.05, 4.69) is 49.1 Å². The van der Waals surface area contributed by atoms with Gasteiger partial charge >= 0.3 is 0 Å². The van der Waals surface area contributed by atoms with E-state index < -0.39 is 0 Å². The summed E-state index contributed by atoms with van der Waals surface area (Å²) in [5, 5.41) is 4.19.